The fraction of sp³-hybridized carbons (Fsp3) is 0.409. The molecule has 0 saturated carbocycles. The highest BCUT2D eigenvalue weighted by atomic mass is 19.1. The molecule has 1 aromatic carbocycles. The van der Waals surface area contributed by atoms with E-state index in [1.807, 2.05) is 13.0 Å². The molecule has 0 unspecified atom stereocenters. The Morgan fingerprint density at radius 2 is 1.97 bits per heavy atom. The highest BCUT2D eigenvalue weighted by Crippen LogP contribution is 2.29. The SMILES string of the molecule is Cc1nn(CC(=O)NCCCN2CCOCC2)c2nccc(-c3ccc(F)cc3)c12. The van der Waals surface area contributed by atoms with E-state index < -0.39 is 0 Å². The van der Waals surface area contributed by atoms with Gasteiger partial charge >= 0.3 is 0 Å². The molecular weight excluding hydrogens is 385 g/mol. The number of rotatable bonds is 7. The smallest absolute Gasteiger partial charge is 0.241 e. The van der Waals surface area contributed by atoms with Gasteiger partial charge < -0.3 is 10.1 Å². The van der Waals surface area contributed by atoms with Crippen LogP contribution < -0.4 is 5.32 Å². The van der Waals surface area contributed by atoms with Gasteiger partial charge in [0.1, 0.15) is 12.4 Å². The van der Waals surface area contributed by atoms with Crippen molar-refractivity contribution in [2.24, 2.45) is 0 Å². The third kappa shape index (κ3) is 4.66. The third-order valence-electron chi connectivity index (χ3n) is 5.33. The van der Waals surface area contributed by atoms with Gasteiger partial charge in [-0.15, -0.1) is 0 Å². The summed E-state index contributed by atoms with van der Waals surface area (Å²) in [5.41, 5.74) is 3.25. The number of hydrogen-bond acceptors (Lipinski definition) is 5. The Morgan fingerprint density at radius 3 is 2.73 bits per heavy atom. The van der Waals surface area contributed by atoms with Crippen LogP contribution in [0.25, 0.3) is 22.2 Å². The van der Waals surface area contributed by atoms with Crippen molar-refractivity contribution in [2.75, 3.05) is 39.4 Å². The summed E-state index contributed by atoms with van der Waals surface area (Å²) >= 11 is 0. The summed E-state index contributed by atoms with van der Waals surface area (Å²) in [6, 6.07) is 8.24. The molecule has 3 aromatic rings. The van der Waals surface area contributed by atoms with Gasteiger partial charge in [-0.25, -0.2) is 14.1 Å². The highest BCUT2D eigenvalue weighted by Gasteiger charge is 2.16. The lowest BCUT2D eigenvalue weighted by molar-refractivity contribution is -0.121. The monoisotopic (exact) mass is 411 g/mol. The Balaban J connectivity index is 1.41. The minimum Gasteiger partial charge on any atom is -0.379 e. The highest BCUT2D eigenvalue weighted by molar-refractivity contribution is 5.95. The standard InChI is InChI=1S/C22H26FN5O2/c1-16-21-19(17-3-5-18(23)6-4-17)7-9-25-22(21)28(26-16)15-20(29)24-8-2-10-27-11-13-30-14-12-27/h3-7,9H,2,8,10-15H2,1H3,(H,24,29). The van der Waals surface area contributed by atoms with Crippen LogP contribution in [0.15, 0.2) is 36.5 Å². The van der Waals surface area contributed by atoms with Gasteiger partial charge in [0.25, 0.3) is 0 Å². The fourth-order valence-corrected chi connectivity index (χ4v) is 3.81. The van der Waals surface area contributed by atoms with Crippen molar-refractivity contribution in [1.29, 1.82) is 0 Å². The van der Waals surface area contributed by atoms with E-state index >= 15 is 0 Å². The second-order valence-electron chi connectivity index (χ2n) is 7.46. The first-order chi connectivity index (χ1) is 14.6. The number of aromatic nitrogens is 3. The number of benzene rings is 1. The van der Waals surface area contributed by atoms with Crippen molar-refractivity contribution in [1.82, 2.24) is 25.0 Å². The van der Waals surface area contributed by atoms with Crippen LogP contribution in [0.4, 0.5) is 4.39 Å². The molecule has 1 aliphatic heterocycles. The van der Waals surface area contributed by atoms with E-state index in [4.69, 9.17) is 4.74 Å². The van der Waals surface area contributed by atoms with E-state index in [-0.39, 0.29) is 18.3 Å². The van der Waals surface area contributed by atoms with E-state index in [1.165, 1.54) is 12.1 Å². The predicted octanol–water partition coefficient (Wildman–Crippen LogP) is 2.38. The van der Waals surface area contributed by atoms with Crippen LogP contribution in [0.5, 0.6) is 0 Å². The molecule has 30 heavy (non-hydrogen) atoms. The molecule has 2 aromatic heterocycles. The number of nitrogens with one attached hydrogen (secondary N) is 1. The number of hydrogen-bond donors (Lipinski definition) is 1. The number of halogens is 1. The first kappa shape index (κ1) is 20.4. The normalized spacial score (nSPS) is 14.9. The summed E-state index contributed by atoms with van der Waals surface area (Å²) in [5, 5.41) is 8.38. The third-order valence-corrected chi connectivity index (χ3v) is 5.33. The maximum absolute atomic E-state index is 13.3. The number of amides is 1. The van der Waals surface area contributed by atoms with Crippen LogP contribution in [0.1, 0.15) is 12.1 Å². The van der Waals surface area contributed by atoms with Gasteiger partial charge in [-0.3, -0.25) is 9.69 Å². The molecule has 1 saturated heterocycles. The molecule has 158 valence electrons. The Kier molecular flexibility index (Phi) is 6.35. The van der Waals surface area contributed by atoms with Gasteiger partial charge in [0.15, 0.2) is 5.65 Å². The first-order valence-electron chi connectivity index (χ1n) is 10.3. The second kappa shape index (κ2) is 9.32. The summed E-state index contributed by atoms with van der Waals surface area (Å²) in [4.78, 5) is 19.2. The summed E-state index contributed by atoms with van der Waals surface area (Å²) in [5.74, 6) is -0.364. The van der Waals surface area contributed by atoms with E-state index in [1.54, 1.807) is 23.0 Å². The van der Waals surface area contributed by atoms with Gasteiger partial charge in [-0.2, -0.15) is 5.10 Å². The summed E-state index contributed by atoms with van der Waals surface area (Å²) in [6.07, 6.45) is 2.59. The lowest BCUT2D eigenvalue weighted by Gasteiger charge is -2.26. The summed E-state index contributed by atoms with van der Waals surface area (Å²) < 4.78 is 20.3. The Morgan fingerprint density at radius 1 is 1.20 bits per heavy atom. The van der Waals surface area contributed by atoms with Crippen molar-refractivity contribution in [3.63, 3.8) is 0 Å². The zero-order valence-corrected chi connectivity index (χ0v) is 17.1. The molecule has 1 N–H and O–H groups in total. The number of carbonyl (C=O) groups excluding carboxylic acids is 1. The van der Waals surface area contributed by atoms with Gasteiger partial charge in [-0.05, 0) is 49.2 Å². The Hall–Kier alpha value is -2.84. The zero-order chi connectivity index (χ0) is 20.9. The van der Waals surface area contributed by atoms with Crippen LogP contribution in [-0.4, -0.2) is 65.0 Å². The molecule has 4 rings (SSSR count). The minimum absolute atomic E-state index is 0.0876. The maximum Gasteiger partial charge on any atom is 0.241 e. The number of morpholine rings is 1. The molecule has 1 amide bonds. The lowest BCUT2D eigenvalue weighted by atomic mass is 10.0. The van der Waals surface area contributed by atoms with Crippen LogP contribution in [0, 0.1) is 12.7 Å². The van der Waals surface area contributed by atoms with E-state index in [0.717, 1.165) is 61.5 Å². The number of ether oxygens (including phenoxy) is 1. The van der Waals surface area contributed by atoms with Crippen molar-refractivity contribution < 1.29 is 13.9 Å². The van der Waals surface area contributed by atoms with Crippen LogP contribution >= 0.6 is 0 Å². The molecule has 1 fully saturated rings. The maximum atomic E-state index is 13.3. The van der Waals surface area contributed by atoms with Gasteiger partial charge in [-0.1, -0.05) is 12.1 Å². The van der Waals surface area contributed by atoms with Crippen LogP contribution in [-0.2, 0) is 16.1 Å². The van der Waals surface area contributed by atoms with E-state index in [0.29, 0.717) is 12.2 Å². The average molecular weight is 411 g/mol. The topological polar surface area (TPSA) is 72.3 Å². The van der Waals surface area contributed by atoms with Crippen molar-refractivity contribution in [3.05, 3.63) is 48.0 Å². The van der Waals surface area contributed by atoms with Gasteiger partial charge in [0, 0.05) is 31.2 Å². The van der Waals surface area contributed by atoms with Gasteiger partial charge in [0.05, 0.1) is 18.9 Å². The molecule has 1 aliphatic rings. The Bertz CT molecular complexity index is 1010. The second-order valence-corrected chi connectivity index (χ2v) is 7.46. The zero-order valence-electron chi connectivity index (χ0n) is 17.1. The largest absolute Gasteiger partial charge is 0.379 e. The lowest BCUT2D eigenvalue weighted by Crippen LogP contribution is -2.38. The quantitative estimate of drug-likeness (QED) is 0.605. The predicted molar refractivity (Wildman–Crippen MR) is 113 cm³/mol. The molecule has 3 heterocycles. The van der Waals surface area contributed by atoms with Crippen molar-refractivity contribution >= 4 is 16.9 Å². The molecule has 0 aliphatic carbocycles. The number of aryl methyl sites for hydroxylation is 1. The van der Waals surface area contributed by atoms with Crippen molar-refractivity contribution in [3.8, 4) is 11.1 Å². The molecule has 0 spiro atoms. The Labute approximate surface area is 174 Å². The molecule has 0 atom stereocenters. The number of carbonyl (C=O) groups is 1. The van der Waals surface area contributed by atoms with E-state index in [9.17, 15) is 9.18 Å². The van der Waals surface area contributed by atoms with Gasteiger partial charge in [0.2, 0.25) is 5.91 Å². The molecular formula is C22H26FN5O2. The summed E-state index contributed by atoms with van der Waals surface area (Å²) in [6.45, 7) is 7.06. The first-order valence-corrected chi connectivity index (χ1v) is 10.3. The van der Waals surface area contributed by atoms with Crippen LogP contribution in [0.2, 0.25) is 0 Å². The fourth-order valence-electron chi connectivity index (χ4n) is 3.81. The summed E-state index contributed by atoms with van der Waals surface area (Å²) in [7, 11) is 0. The number of pyridine rings is 1. The molecule has 7 nitrogen and oxygen atoms in total. The minimum atomic E-state index is -0.276. The number of fused-ring (bicyclic) bond motifs is 1. The molecule has 0 radical (unpaired) electrons. The van der Waals surface area contributed by atoms with Crippen molar-refractivity contribution in [2.45, 2.75) is 19.9 Å². The number of nitrogens with zero attached hydrogens (tertiary/aromatic N) is 4. The average Bonchev–Trinajstić information content (AvgIpc) is 3.08. The van der Waals surface area contributed by atoms with E-state index in [2.05, 4.69) is 20.3 Å². The molecule has 8 heteroatoms. The molecule has 0 bridgehead atoms. The van der Waals surface area contributed by atoms with Crippen LogP contribution in [0.3, 0.4) is 0 Å².